The number of hydrogen-bond donors (Lipinski definition) is 3. The summed E-state index contributed by atoms with van der Waals surface area (Å²) >= 11 is 2.22. The van der Waals surface area contributed by atoms with Gasteiger partial charge in [-0.1, -0.05) is 49.6 Å². The Balaban J connectivity index is 1.65. The highest BCUT2D eigenvalue weighted by Crippen LogP contribution is 2.35. The van der Waals surface area contributed by atoms with Gasteiger partial charge in [0, 0.05) is 6.42 Å². The fourth-order valence-electron chi connectivity index (χ4n) is 3.70. The first-order valence-corrected chi connectivity index (χ1v) is 11.6. The summed E-state index contributed by atoms with van der Waals surface area (Å²) in [5.41, 5.74) is 0. The van der Waals surface area contributed by atoms with Gasteiger partial charge in [0.1, 0.15) is 5.78 Å². The minimum absolute atomic E-state index is 0.00443. The zero-order valence-electron chi connectivity index (χ0n) is 15.1. The number of aliphatic hydroxyl groups is 2. The summed E-state index contributed by atoms with van der Waals surface area (Å²) < 4.78 is 0. The Labute approximate surface area is 164 Å². The molecule has 2 fully saturated rings. The standard InChI is InChI=1S/C19H30O5S2/c20-16-11-10-15(9-4-3-8-14-6-1-2-7-14)17(16)25-12-5-13-26-19(23,24)18(21)22/h4,9,14-15,17,23-24H,1-3,5-8,10-13H2,(H,21,22)/t15-,17+/m0/s1. The number of carbonyl (C=O) groups is 2. The highest BCUT2D eigenvalue weighted by Gasteiger charge is 2.34. The van der Waals surface area contributed by atoms with Crippen molar-refractivity contribution < 1.29 is 24.9 Å². The second-order valence-corrected chi connectivity index (χ2v) is 9.75. The molecule has 0 heterocycles. The second-order valence-electron chi connectivity index (χ2n) is 7.23. The van der Waals surface area contributed by atoms with E-state index in [4.69, 9.17) is 5.11 Å². The molecule has 0 aromatic carbocycles. The third-order valence-electron chi connectivity index (χ3n) is 5.20. The summed E-state index contributed by atoms with van der Waals surface area (Å²) in [7, 11) is 0. The fourth-order valence-corrected chi connectivity index (χ4v) is 5.92. The number of Topliss-reactive ketones (excluding diaryl/α,β-unsaturated/α-hetero) is 1. The molecule has 0 aliphatic heterocycles. The fraction of sp³-hybridized carbons (Fsp3) is 0.789. The number of rotatable bonds is 11. The van der Waals surface area contributed by atoms with Gasteiger partial charge in [-0.05, 0) is 49.0 Å². The molecule has 0 saturated heterocycles. The van der Waals surface area contributed by atoms with E-state index >= 15 is 0 Å². The summed E-state index contributed by atoms with van der Waals surface area (Å²) in [5.74, 6) is 0.892. The van der Waals surface area contributed by atoms with Crippen LogP contribution >= 0.6 is 23.5 Å². The summed E-state index contributed by atoms with van der Waals surface area (Å²) in [5, 5.41) is 24.4. The minimum atomic E-state index is -2.72. The van der Waals surface area contributed by atoms with Gasteiger partial charge in [-0.15, -0.1) is 11.8 Å². The first-order valence-electron chi connectivity index (χ1n) is 9.53. The molecule has 0 amide bonds. The van der Waals surface area contributed by atoms with Crippen LogP contribution in [0.2, 0.25) is 0 Å². The lowest BCUT2D eigenvalue weighted by Crippen LogP contribution is -2.34. The van der Waals surface area contributed by atoms with E-state index < -0.39 is 11.1 Å². The average molecular weight is 403 g/mol. The van der Waals surface area contributed by atoms with Crippen LogP contribution in [0, 0.1) is 11.8 Å². The molecule has 2 atom stereocenters. The van der Waals surface area contributed by atoms with E-state index in [9.17, 15) is 19.8 Å². The average Bonchev–Trinajstić information content (AvgIpc) is 3.22. The van der Waals surface area contributed by atoms with Crippen LogP contribution in [0.15, 0.2) is 12.2 Å². The van der Waals surface area contributed by atoms with E-state index in [1.807, 2.05) is 0 Å². The molecule has 0 spiro atoms. The van der Waals surface area contributed by atoms with Gasteiger partial charge in [0.25, 0.3) is 0 Å². The minimum Gasteiger partial charge on any atom is -0.477 e. The first-order chi connectivity index (χ1) is 12.4. The number of hydrogen-bond acceptors (Lipinski definition) is 6. The van der Waals surface area contributed by atoms with Crippen molar-refractivity contribution in [2.24, 2.45) is 11.8 Å². The van der Waals surface area contributed by atoms with Crippen molar-refractivity contribution in [1.29, 1.82) is 0 Å². The van der Waals surface area contributed by atoms with E-state index in [1.54, 1.807) is 11.8 Å². The number of aliphatic carboxylic acids is 1. The van der Waals surface area contributed by atoms with E-state index in [-0.39, 0.29) is 5.25 Å². The quantitative estimate of drug-likeness (QED) is 0.277. The van der Waals surface area contributed by atoms with E-state index in [1.165, 1.54) is 32.1 Å². The summed E-state index contributed by atoms with van der Waals surface area (Å²) in [6, 6.07) is 0. The largest absolute Gasteiger partial charge is 0.477 e. The first kappa shape index (κ1) is 21.8. The SMILES string of the molecule is O=C1CC[C@H](C=CCCC2CCCC2)[C@H]1SCCCSC(O)(O)C(=O)O. The maximum Gasteiger partial charge on any atom is 0.375 e. The molecule has 26 heavy (non-hydrogen) atoms. The van der Waals surface area contributed by atoms with Crippen molar-refractivity contribution in [1.82, 2.24) is 0 Å². The Morgan fingerprint density at radius 1 is 1.19 bits per heavy atom. The van der Waals surface area contributed by atoms with Gasteiger partial charge in [-0.2, -0.15) is 0 Å². The van der Waals surface area contributed by atoms with Crippen LogP contribution in [-0.2, 0) is 9.59 Å². The van der Waals surface area contributed by atoms with Gasteiger partial charge >= 0.3 is 11.1 Å². The van der Waals surface area contributed by atoms with Crippen LogP contribution in [0.4, 0.5) is 0 Å². The van der Waals surface area contributed by atoms with Crippen LogP contribution in [0.1, 0.15) is 57.8 Å². The van der Waals surface area contributed by atoms with Crippen LogP contribution in [0.5, 0.6) is 0 Å². The lowest BCUT2D eigenvalue weighted by molar-refractivity contribution is -0.174. The molecule has 2 aliphatic rings. The van der Waals surface area contributed by atoms with Gasteiger partial charge in [0.2, 0.25) is 0 Å². The van der Waals surface area contributed by atoms with Crippen molar-refractivity contribution in [2.45, 2.75) is 68.2 Å². The number of ketones is 1. The zero-order chi connectivity index (χ0) is 19.0. The maximum atomic E-state index is 12.1. The summed E-state index contributed by atoms with van der Waals surface area (Å²) in [6.45, 7) is 0. The Kier molecular flexibility index (Phi) is 9.00. The van der Waals surface area contributed by atoms with Crippen molar-refractivity contribution in [2.75, 3.05) is 11.5 Å². The molecule has 7 heteroatoms. The van der Waals surface area contributed by atoms with Crippen molar-refractivity contribution in [3.8, 4) is 0 Å². The number of thioether (sulfide) groups is 2. The summed E-state index contributed by atoms with van der Waals surface area (Å²) in [4.78, 5) is 22.7. The number of carboxylic acid groups (broad SMARTS) is 1. The molecule has 2 aliphatic carbocycles. The predicted octanol–water partition coefficient (Wildman–Crippen LogP) is 3.44. The Hall–Kier alpha value is -0.500. The molecule has 2 rings (SSSR count). The zero-order valence-corrected chi connectivity index (χ0v) is 16.8. The number of allylic oxidation sites excluding steroid dienone is 2. The molecule has 0 aromatic rings. The molecule has 0 unspecified atom stereocenters. The Bertz CT molecular complexity index is 500. The number of carboxylic acids is 1. The third kappa shape index (κ3) is 6.91. The molecular formula is C19H30O5S2. The van der Waals surface area contributed by atoms with Gasteiger partial charge < -0.3 is 15.3 Å². The normalized spacial score (nSPS) is 24.8. The van der Waals surface area contributed by atoms with Crippen molar-refractivity contribution >= 4 is 35.3 Å². The molecule has 2 saturated carbocycles. The molecule has 0 radical (unpaired) electrons. The highest BCUT2D eigenvalue weighted by molar-refractivity contribution is 8.01. The smallest absolute Gasteiger partial charge is 0.375 e. The summed E-state index contributed by atoms with van der Waals surface area (Å²) in [6.07, 6.45) is 14.5. The molecule has 0 bridgehead atoms. The lowest BCUT2D eigenvalue weighted by atomic mass is 10.0. The van der Waals surface area contributed by atoms with Gasteiger partial charge in [-0.3, -0.25) is 4.79 Å². The monoisotopic (exact) mass is 402 g/mol. The van der Waals surface area contributed by atoms with Crippen molar-refractivity contribution in [3.05, 3.63) is 12.2 Å². The van der Waals surface area contributed by atoms with Gasteiger partial charge in [-0.25, -0.2) is 4.79 Å². The van der Waals surface area contributed by atoms with Crippen molar-refractivity contribution in [3.63, 3.8) is 0 Å². The van der Waals surface area contributed by atoms with Crippen LogP contribution in [-0.4, -0.2) is 48.9 Å². The number of carbonyl (C=O) groups excluding carboxylic acids is 1. The van der Waals surface area contributed by atoms with Crippen LogP contribution in [0.25, 0.3) is 0 Å². The topological polar surface area (TPSA) is 94.8 Å². The van der Waals surface area contributed by atoms with E-state index in [2.05, 4.69) is 12.2 Å². The third-order valence-corrected chi connectivity index (χ3v) is 7.76. The lowest BCUT2D eigenvalue weighted by Gasteiger charge is -2.17. The predicted molar refractivity (Wildman–Crippen MR) is 106 cm³/mol. The Morgan fingerprint density at radius 2 is 1.92 bits per heavy atom. The van der Waals surface area contributed by atoms with Gasteiger partial charge in [0.15, 0.2) is 0 Å². The van der Waals surface area contributed by atoms with Gasteiger partial charge in [0.05, 0.1) is 5.25 Å². The molecule has 0 aromatic heterocycles. The van der Waals surface area contributed by atoms with Crippen LogP contribution < -0.4 is 0 Å². The second kappa shape index (κ2) is 10.7. The highest BCUT2D eigenvalue weighted by atomic mass is 32.2. The molecule has 5 nitrogen and oxygen atoms in total. The van der Waals surface area contributed by atoms with E-state index in [0.29, 0.717) is 47.8 Å². The maximum absolute atomic E-state index is 12.1. The molecule has 148 valence electrons. The van der Waals surface area contributed by atoms with Crippen LogP contribution in [0.3, 0.4) is 0 Å². The molecule has 3 N–H and O–H groups in total. The van der Waals surface area contributed by atoms with E-state index in [0.717, 1.165) is 18.8 Å². The molecular weight excluding hydrogens is 372 g/mol. The Morgan fingerprint density at radius 3 is 2.62 bits per heavy atom.